The molecule has 11 atom stereocenters. The van der Waals surface area contributed by atoms with Crippen molar-refractivity contribution in [2.45, 2.75) is 168 Å². The summed E-state index contributed by atoms with van der Waals surface area (Å²) in [6.07, 6.45) is 8.74. The number of rotatable bonds is 22. The number of carbonyl (C=O) groups is 9. The van der Waals surface area contributed by atoms with Crippen molar-refractivity contribution in [1.29, 1.82) is 0 Å². The van der Waals surface area contributed by atoms with Crippen molar-refractivity contribution in [3.8, 4) is 22.1 Å². The van der Waals surface area contributed by atoms with Crippen LogP contribution in [0.2, 0.25) is 0 Å². The third-order valence-corrected chi connectivity index (χ3v) is 22.3. The number of carbonyl (C=O) groups excluding carboxylic acids is 9. The molecular weight excluding hydrogens is 1430 g/mol. The zero-order valence-corrected chi connectivity index (χ0v) is 64.2. The average molecular weight is 1530 g/mol. The van der Waals surface area contributed by atoms with E-state index in [1.165, 1.54) is 62.9 Å². The molecule has 0 radical (unpaired) electrons. The summed E-state index contributed by atoms with van der Waals surface area (Å²) >= 11 is 1.19. The summed E-state index contributed by atoms with van der Waals surface area (Å²) in [5.41, 5.74) is 8.60. The standard InChI is InChI=1S/C81H98N10O18S/c1-42(2)65(88-59(92)19-12-11-13-36-91-60(93)30-31-61(91)94)78(103)87-56(18-15-35-83-79(82)104)77(102)84-52-24-20-49(21-25-52)41-107-80(105)85-53-26-22-50(23-27-53)51-32-37-90(38-33-51)54-28-29-55-58(40-54)110-74-66(86-55)62-63-71(98)48(8)73-64(62)75(100)81(9,109-73)108-39-34-57(106-10)45(5)69(96)47(7)70(97)46(6)68(95)43(3)16-14-17-44(4)76(101)89-67(74)72(63)99/h14,16-17,20-31,34,39-40,42-43,45-47,51,56-57,65,68-70,95-98H,11-13,15,18-19,32-33,35-38,41H2,1-10H3,(H,84,102)(H,85,105)(H,87,103)(H,88,92)(H,89,101)(H3,82,83,104)/b16-14+,39-34+,44-17-/t43-,45+,46+,47-,56-,57-,65-,68-,69+,70+,81-/m0/s1. The smallest absolute Gasteiger partial charge is 0.411 e. The van der Waals surface area contributed by atoms with Gasteiger partial charge in [-0.3, -0.25) is 48.6 Å². The van der Waals surface area contributed by atoms with E-state index in [-0.39, 0.29) is 118 Å². The van der Waals surface area contributed by atoms with Gasteiger partial charge in [-0.1, -0.05) is 90.5 Å². The molecule has 0 unspecified atom stereocenters. The first-order chi connectivity index (χ1) is 52.4. The van der Waals surface area contributed by atoms with E-state index in [1.807, 2.05) is 42.5 Å². The predicted molar refractivity (Wildman–Crippen MR) is 416 cm³/mol. The van der Waals surface area contributed by atoms with Gasteiger partial charge in [0.15, 0.2) is 0 Å². The third-order valence-electron chi connectivity index (χ3n) is 21.2. The number of ether oxygens (including phenoxy) is 4. The number of phenolic OH excluding ortho intramolecular Hbond substituents is 1. The Morgan fingerprint density at radius 1 is 0.800 bits per heavy atom. The zero-order valence-electron chi connectivity index (χ0n) is 63.3. The number of ketones is 1. The Kier molecular flexibility index (Phi) is 26.7. The van der Waals surface area contributed by atoms with Crippen LogP contribution in [0.3, 0.4) is 0 Å². The molecule has 0 saturated carbocycles. The second kappa shape index (κ2) is 35.8. The van der Waals surface area contributed by atoms with Gasteiger partial charge in [0, 0.05) is 116 Å². The fourth-order valence-electron chi connectivity index (χ4n) is 14.3. The molecule has 1 fully saturated rings. The number of amides is 9. The van der Waals surface area contributed by atoms with Crippen LogP contribution >= 0.6 is 11.3 Å². The number of aliphatic hydroxyl groups is 3. The molecule has 28 nitrogen and oxygen atoms in total. The summed E-state index contributed by atoms with van der Waals surface area (Å²) in [4.78, 5) is 142. The normalized spacial score (nSPS) is 23.6. The van der Waals surface area contributed by atoms with Gasteiger partial charge < -0.3 is 76.6 Å². The highest BCUT2D eigenvalue weighted by Gasteiger charge is 2.50. The van der Waals surface area contributed by atoms with E-state index >= 15 is 4.79 Å². The SMILES string of the molecule is CO[C@H]1/C=C/O[C@@]2(C)Oc3c(C)c(O)c4c(=O)c(c5sc6cc(N7CCC(c8ccc(NC(=O)OCc9ccc(NC(=O)[C@H](CCCNC(N)=O)NC(=O)[C@@H](NC(=O)CCCCCN%10C(=O)C=CC%10=O)C(C)C)cc9)cc8)CC7)ccc6nc-5c4c3C2=O)NC(=O)/C(C)=C\C=C\[C@H](C)[C@H](O)[C@@H](C)[C@@H](O)[C@@H](C)[C@H](O)[C@@H]1C. The van der Waals surface area contributed by atoms with Crippen LogP contribution in [0.1, 0.15) is 140 Å². The Bertz CT molecular complexity index is 4610. The number of unbranched alkanes of at least 4 members (excludes halogenated alkanes) is 2. The molecular formula is C81H98N10O18S. The van der Waals surface area contributed by atoms with Crippen LogP contribution in [0.25, 0.3) is 31.6 Å². The molecule has 4 aromatic rings. The molecule has 6 aliphatic rings. The number of anilines is 4. The highest BCUT2D eigenvalue weighted by atomic mass is 32.1. The Morgan fingerprint density at radius 3 is 2.14 bits per heavy atom. The minimum Gasteiger partial charge on any atom is -0.507 e. The summed E-state index contributed by atoms with van der Waals surface area (Å²) < 4.78 is 24.4. The summed E-state index contributed by atoms with van der Waals surface area (Å²) in [5.74, 6) is -8.91. The molecule has 4 bridgehead atoms. The van der Waals surface area contributed by atoms with Gasteiger partial charge in [-0.25, -0.2) is 14.6 Å². The van der Waals surface area contributed by atoms with Crippen LogP contribution < -0.4 is 52.7 Å². The van der Waals surface area contributed by atoms with E-state index in [1.54, 1.807) is 84.9 Å². The number of nitrogens with zero attached hydrogens (tertiary/aromatic N) is 3. The molecule has 10 rings (SSSR count). The lowest BCUT2D eigenvalue weighted by Crippen LogP contribution is -2.54. The molecule has 1 saturated heterocycles. The highest BCUT2D eigenvalue weighted by Crippen LogP contribution is 2.52. The number of benzene rings is 5. The van der Waals surface area contributed by atoms with Gasteiger partial charge in [-0.15, -0.1) is 11.3 Å². The van der Waals surface area contributed by atoms with E-state index in [0.717, 1.165) is 29.0 Å². The highest BCUT2D eigenvalue weighted by molar-refractivity contribution is 7.22. The minimum absolute atomic E-state index is 0.00886. The summed E-state index contributed by atoms with van der Waals surface area (Å²) in [6, 6.07) is 17.1. The van der Waals surface area contributed by atoms with Gasteiger partial charge >= 0.3 is 17.9 Å². The summed E-state index contributed by atoms with van der Waals surface area (Å²) in [5, 5.41) is 62.7. The van der Waals surface area contributed by atoms with Crippen molar-refractivity contribution < 1.29 is 82.5 Å². The first-order valence-electron chi connectivity index (χ1n) is 37.1. The maximum Gasteiger partial charge on any atom is 0.411 e. The minimum atomic E-state index is -2.04. The number of primary amides is 1. The first kappa shape index (κ1) is 81.9. The predicted octanol–water partition coefficient (Wildman–Crippen LogP) is 9.48. The summed E-state index contributed by atoms with van der Waals surface area (Å²) in [6.45, 7) is 16.5. The topological polar surface area (TPSA) is 406 Å². The van der Waals surface area contributed by atoms with Crippen LogP contribution in [-0.2, 0) is 49.6 Å². The largest absolute Gasteiger partial charge is 0.507 e. The molecule has 1 aliphatic carbocycles. The number of aromatic nitrogens is 1. The lowest BCUT2D eigenvalue weighted by Gasteiger charge is -2.36. The van der Waals surface area contributed by atoms with Gasteiger partial charge in [-0.2, -0.15) is 0 Å². The molecule has 0 aromatic heterocycles. The molecule has 586 valence electrons. The maximum absolute atomic E-state index is 15.2. The second-order valence-corrected chi connectivity index (χ2v) is 30.4. The fourth-order valence-corrected chi connectivity index (χ4v) is 15.4. The van der Waals surface area contributed by atoms with E-state index in [4.69, 9.17) is 29.7 Å². The number of urea groups is 1. The molecule has 29 heteroatoms. The van der Waals surface area contributed by atoms with Crippen LogP contribution in [0, 0.1) is 36.5 Å². The van der Waals surface area contributed by atoms with Crippen molar-refractivity contribution in [3.05, 3.63) is 147 Å². The number of nitrogens with two attached hydrogens (primary N) is 1. The quantitative estimate of drug-likeness (QED) is 0.0130. The number of fused-ring (bicyclic) bond motifs is 2. The number of imide groups is 1. The van der Waals surface area contributed by atoms with Crippen molar-refractivity contribution >= 4 is 108 Å². The molecule has 0 spiro atoms. The van der Waals surface area contributed by atoms with Gasteiger partial charge in [0.2, 0.25) is 23.2 Å². The maximum atomic E-state index is 15.2. The second-order valence-electron chi connectivity index (χ2n) is 29.3. The van der Waals surface area contributed by atoms with E-state index in [0.29, 0.717) is 59.5 Å². The van der Waals surface area contributed by atoms with Gasteiger partial charge in [-0.05, 0) is 124 Å². The van der Waals surface area contributed by atoms with E-state index in [9.17, 15) is 63.6 Å². The number of phenols is 1. The molecule has 4 aromatic carbocycles. The number of piperidine rings is 1. The van der Waals surface area contributed by atoms with E-state index in [2.05, 4.69) is 36.8 Å². The summed E-state index contributed by atoms with van der Waals surface area (Å²) in [7, 11) is 1.44. The van der Waals surface area contributed by atoms with Crippen molar-refractivity contribution in [2.24, 2.45) is 35.3 Å². The van der Waals surface area contributed by atoms with Crippen molar-refractivity contribution in [1.82, 2.24) is 25.8 Å². The van der Waals surface area contributed by atoms with E-state index < -0.39 is 113 Å². The lowest BCUT2D eigenvalue weighted by molar-refractivity contribution is -0.137. The van der Waals surface area contributed by atoms with Crippen LogP contribution in [-0.4, -0.2) is 159 Å². The van der Waals surface area contributed by atoms with Gasteiger partial charge in [0.25, 0.3) is 23.5 Å². The number of hydrogen-bond acceptors (Lipinski definition) is 21. The number of hydrogen-bond donors (Lipinski definition) is 11. The monoisotopic (exact) mass is 1530 g/mol. The third kappa shape index (κ3) is 18.8. The molecule has 9 amide bonds. The van der Waals surface area contributed by atoms with Crippen LogP contribution in [0.15, 0.2) is 120 Å². The average Bonchev–Trinajstić information content (AvgIpc) is 1.44. The van der Waals surface area contributed by atoms with Crippen LogP contribution in [0.4, 0.5) is 32.3 Å². The number of aromatic hydroxyl groups is 1. The Balaban J connectivity index is 0.780. The number of allylic oxidation sites excluding steroid dienone is 2. The molecule has 12 N–H and O–H groups in total. The first-order valence-corrected chi connectivity index (χ1v) is 38.0. The number of Topliss-reactive ketones (excluding diaryl/α,β-unsaturated/α-hetero) is 1. The van der Waals surface area contributed by atoms with Crippen LogP contribution in [0.5, 0.6) is 11.5 Å². The zero-order chi connectivity index (χ0) is 79.6. The van der Waals surface area contributed by atoms with Gasteiger partial charge in [0.05, 0.1) is 62.4 Å². The number of aliphatic hydroxyl groups excluding tert-OH is 3. The Labute approximate surface area is 641 Å². The Morgan fingerprint density at radius 2 is 1.46 bits per heavy atom. The molecule has 110 heavy (non-hydrogen) atoms. The molecule has 5 heterocycles. The van der Waals surface area contributed by atoms with Crippen molar-refractivity contribution in [3.63, 3.8) is 0 Å². The Hall–Kier alpha value is -10.6. The fraction of sp³-hybridized carbons (Fsp3) is 0.444. The number of methoxy groups -OCH3 is 1. The van der Waals surface area contributed by atoms with Gasteiger partial charge in [0.1, 0.15) is 35.9 Å². The number of nitrogens with one attached hydrogen (secondary N) is 6. The van der Waals surface area contributed by atoms with Crippen molar-refractivity contribution in [2.75, 3.05) is 54.1 Å². The lowest BCUT2D eigenvalue weighted by atomic mass is 9.78. The molecule has 5 aliphatic heterocycles.